The maximum absolute atomic E-state index is 12.6. The number of ether oxygens (including phenoxy) is 1. The molecule has 0 saturated carbocycles. The molecule has 0 aliphatic carbocycles. The van der Waals surface area contributed by atoms with E-state index in [1.54, 1.807) is 49.7 Å². The third kappa shape index (κ3) is 6.94. The van der Waals surface area contributed by atoms with Crippen LogP contribution < -0.4 is 26.8 Å². The van der Waals surface area contributed by atoms with Gasteiger partial charge in [0.2, 0.25) is 0 Å². The van der Waals surface area contributed by atoms with Gasteiger partial charge in [-0.3, -0.25) is 9.78 Å². The highest BCUT2D eigenvalue weighted by molar-refractivity contribution is 6.04. The van der Waals surface area contributed by atoms with E-state index in [9.17, 15) is 9.59 Å². The SMILES string of the molecule is COc1ccc(C(CCC(NC(N)=O)c2ccc(C(=O)Nc3ccccc3N)nc2)N(C)C)cc1. The molecule has 184 valence electrons. The zero-order valence-electron chi connectivity index (χ0n) is 20.2. The van der Waals surface area contributed by atoms with Gasteiger partial charge in [0.05, 0.1) is 24.5 Å². The van der Waals surface area contributed by atoms with Gasteiger partial charge in [0.1, 0.15) is 11.4 Å². The predicted octanol–water partition coefficient (Wildman–Crippen LogP) is 3.72. The molecule has 0 bridgehead atoms. The molecule has 0 saturated heterocycles. The second kappa shape index (κ2) is 11.8. The van der Waals surface area contributed by atoms with E-state index in [1.165, 1.54) is 0 Å². The number of benzene rings is 2. The number of carbonyl (C=O) groups is 2. The van der Waals surface area contributed by atoms with Crippen molar-refractivity contribution in [3.63, 3.8) is 0 Å². The Bertz CT molecular complexity index is 1130. The molecule has 0 spiro atoms. The molecule has 0 fully saturated rings. The number of hydrogen-bond donors (Lipinski definition) is 4. The van der Waals surface area contributed by atoms with Gasteiger partial charge < -0.3 is 31.7 Å². The van der Waals surface area contributed by atoms with Crippen molar-refractivity contribution in [1.82, 2.24) is 15.2 Å². The lowest BCUT2D eigenvalue weighted by atomic mass is 9.95. The summed E-state index contributed by atoms with van der Waals surface area (Å²) in [5.74, 6) is 0.422. The highest BCUT2D eigenvalue weighted by atomic mass is 16.5. The number of nitrogens with zero attached hydrogens (tertiary/aromatic N) is 2. The average Bonchev–Trinajstić information content (AvgIpc) is 2.85. The number of carbonyl (C=O) groups excluding carboxylic acids is 2. The summed E-state index contributed by atoms with van der Waals surface area (Å²) in [6.45, 7) is 0. The van der Waals surface area contributed by atoms with Crippen LogP contribution in [-0.4, -0.2) is 43.0 Å². The average molecular weight is 477 g/mol. The molecule has 2 atom stereocenters. The van der Waals surface area contributed by atoms with Crippen LogP contribution in [0.4, 0.5) is 16.2 Å². The van der Waals surface area contributed by atoms with Crippen LogP contribution in [0.2, 0.25) is 0 Å². The fourth-order valence-electron chi connectivity index (χ4n) is 3.91. The monoisotopic (exact) mass is 476 g/mol. The van der Waals surface area contributed by atoms with Gasteiger partial charge in [0.15, 0.2) is 0 Å². The fourth-order valence-corrected chi connectivity index (χ4v) is 3.91. The van der Waals surface area contributed by atoms with Crippen LogP contribution in [0.15, 0.2) is 66.9 Å². The molecule has 0 radical (unpaired) electrons. The summed E-state index contributed by atoms with van der Waals surface area (Å²) in [6.07, 6.45) is 2.95. The second-order valence-electron chi connectivity index (χ2n) is 8.41. The van der Waals surface area contributed by atoms with Crippen LogP contribution in [-0.2, 0) is 0 Å². The summed E-state index contributed by atoms with van der Waals surface area (Å²) < 4.78 is 5.26. The minimum atomic E-state index is -0.623. The van der Waals surface area contributed by atoms with E-state index in [4.69, 9.17) is 16.2 Å². The first kappa shape index (κ1) is 25.5. The molecule has 0 aliphatic heterocycles. The van der Waals surface area contributed by atoms with Gasteiger partial charge in [-0.15, -0.1) is 0 Å². The standard InChI is InChI=1S/C26H32N6O3/c1-32(2)24(17-8-11-19(35-3)12-9-17)15-14-21(31-26(28)34)18-10-13-23(29-16-18)25(33)30-22-7-5-4-6-20(22)27/h4-13,16,21,24H,14-15,27H2,1-3H3,(H,30,33)(H3,28,31,34). The van der Waals surface area contributed by atoms with Crippen LogP contribution in [0.5, 0.6) is 5.75 Å². The number of nitrogens with one attached hydrogen (secondary N) is 2. The molecule has 9 heteroatoms. The molecule has 1 heterocycles. The zero-order chi connectivity index (χ0) is 25.4. The maximum atomic E-state index is 12.6. The summed E-state index contributed by atoms with van der Waals surface area (Å²) in [5.41, 5.74) is 14.5. The van der Waals surface area contributed by atoms with E-state index in [-0.39, 0.29) is 23.7 Å². The first-order valence-corrected chi connectivity index (χ1v) is 11.3. The molecule has 3 amide bonds. The number of anilines is 2. The quantitative estimate of drug-likeness (QED) is 0.329. The van der Waals surface area contributed by atoms with Crippen LogP contribution in [0.25, 0.3) is 0 Å². The Hall–Kier alpha value is -4.11. The Balaban J connectivity index is 1.72. The molecule has 2 unspecified atom stereocenters. The predicted molar refractivity (Wildman–Crippen MR) is 137 cm³/mol. The molecule has 9 nitrogen and oxygen atoms in total. The normalized spacial score (nSPS) is 12.6. The highest BCUT2D eigenvalue weighted by Gasteiger charge is 2.20. The number of para-hydroxylation sites is 2. The molecule has 1 aromatic heterocycles. The van der Waals surface area contributed by atoms with E-state index in [0.717, 1.165) is 23.3 Å². The van der Waals surface area contributed by atoms with Crippen molar-refractivity contribution in [2.75, 3.05) is 32.3 Å². The lowest BCUT2D eigenvalue weighted by molar-refractivity contribution is 0.102. The summed E-state index contributed by atoms with van der Waals surface area (Å²) in [7, 11) is 5.67. The minimum absolute atomic E-state index is 0.118. The van der Waals surface area contributed by atoms with Crippen molar-refractivity contribution in [1.29, 1.82) is 0 Å². The third-order valence-corrected chi connectivity index (χ3v) is 5.80. The van der Waals surface area contributed by atoms with Gasteiger partial charge in [0.25, 0.3) is 5.91 Å². The zero-order valence-corrected chi connectivity index (χ0v) is 20.2. The lowest BCUT2D eigenvalue weighted by Gasteiger charge is -2.27. The molecule has 3 rings (SSSR count). The Morgan fingerprint density at radius 1 is 1.00 bits per heavy atom. The molecular formula is C26H32N6O3. The number of primary amides is 1. The molecule has 35 heavy (non-hydrogen) atoms. The van der Waals surface area contributed by atoms with Crippen LogP contribution in [0.3, 0.4) is 0 Å². The van der Waals surface area contributed by atoms with E-state index < -0.39 is 6.03 Å². The molecule has 0 aliphatic rings. The van der Waals surface area contributed by atoms with Crippen molar-refractivity contribution in [3.05, 3.63) is 83.7 Å². The molecule has 2 aromatic carbocycles. The summed E-state index contributed by atoms with van der Waals surface area (Å²) >= 11 is 0. The first-order chi connectivity index (χ1) is 16.8. The van der Waals surface area contributed by atoms with E-state index >= 15 is 0 Å². The van der Waals surface area contributed by atoms with Gasteiger partial charge in [-0.1, -0.05) is 30.3 Å². The minimum Gasteiger partial charge on any atom is -0.497 e. The molecule has 3 aromatic rings. The van der Waals surface area contributed by atoms with Crippen molar-refractivity contribution in [2.45, 2.75) is 24.9 Å². The summed E-state index contributed by atoms with van der Waals surface area (Å²) in [6, 6.07) is 17.5. The third-order valence-electron chi connectivity index (χ3n) is 5.80. The summed E-state index contributed by atoms with van der Waals surface area (Å²) in [4.78, 5) is 30.7. The molecule has 6 N–H and O–H groups in total. The van der Waals surface area contributed by atoms with Gasteiger partial charge in [-0.05, 0) is 68.4 Å². The van der Waals surface area contributed by atoms with Crippen molar-refractivity contribution in [2.24, 2.45) is 5.73 Å². The number of pyridine rings is 1. The Kier molecular flexibility index (Phi) is 8.63. The lowest BCUT2D eigenvalue weighted by Crippen LogP contribution is -2.34. The van der Waals surface area contributed by atoms with Gasteiger partial charge in [-0.25, -0.2) is 4.79 Å². The van der Waals surface area contributed by atoms with E-state index in [0.29, 0.717) is 17.8 Å². The summed E-state index contributed by atoms with van der Waals surface area (Å²) in [5, 5.41) is 5.56. The second-order valence-corrected chi connectivity index (χ2v) is 8.41. The Morgan fingerprint density at radius 3 is 2.26 bits per heavy atom. The van der Waals surface area contributed by atoms with Crippen LogP contribution >= 0.6 is 0 Å². The topological polar surface area (TPSA) is 136 Å². The highest BCUT2D eigenvalue weighted by Crippen LogP contribution is 2.29. The number of aromatic nitrogens is 1. The number of nitrogen functional groups attached to an aromatic ring is 1. The smallest absolute Gasteiger partial charge is 0.312 e. The van der Waals surface area contributed by atoms with E-state index in [1.807, 2.05) is 38.4 Å². The number of hydrogen-bond acceptors (Lipinski definition) is 6. The van der Waals surface area contributed by atoms with Gasteiger partial charge >= 0.3 is 6.03 Å². The fraction of sp³-hybridized carbons (Fsp3) is 0.269. The number of methoxy groups -OCH3 is 1. The number of rotatable bonds is 10. The van der Waals surface area contributed by atoms with Crippen LogP contribution in [0.1, 0.15) is 46.5 Å². The van der Waals surface area contributed by atoms with Crippen molar-refractivity contribution in [3.8, 4) is 5.75 Å². The first-order valence-electron chi connectivity index (χ1n) is 11.3. The van der Waals surface area contributed by atoms with Crippen molar-refractivity contribution >= 4 is 23.3 Å². The number of amides is 3. The molecular weight excluding hydrogens is 444 g/mol. The number of urea groups is 1. The maximum Gasteiger partial charge on any atom is 0.312 e. The van der Waals surface area contributed by atoms with Crippen molar-refractivity contribution < 1.29 is 14.3 Å². The van der Waals surface area contributed by atoms with Crippen LogP contribution in [0, 0.1) is 0 Å². The van der Waals surface area contributed by atoms with E-state index in [2.05, 4.69) is 20.5 Å². The van der Waals surface area contributed by atoms with Gasteiger partial charge in [-0.2, -0.15) is 0 Å². The van der Waals surface area contributed by atoms with Gasteiger partial charge in [0, 0.05) is 12.2 Å². The largest absolute Gasteiger partial charge is 0.497 e. The Morgan fingerprint density at radius 2 is 1.69 bits per heavy atom. The Labute approximate surface area is 205 Å². The number of nitrogens with two attached hydrogens (primary N) is 2.